The second kappa shape index (κ2) is 8.03. The Bertz CT molecular complexity index is 1020. The molecule has 1 amide bonds. The average molecular weight is 365 g/mol. The summed E-state index contributed by atoms with van der Waals surface area (Å²) in [4.78, 5) is 24.8. The van der Waals surface area contributed by atoms with Gasteiger partial charge in [0.15, 0.2) is 5.69 Å². The van der Waals surface area contributed by atoms with Crippen LogP contribution < -0.4 is 15.6 Å². The molecular weight excluding hydrogens is 342 g/mol. The normalized spacial score (nSPS) is 10.8. The van der Waals surface area contributed by atoms with Crippen molar-refractivity contribution in [2.45, 2.75) is 26.8 Å². The number of hydrogen-bond donors (Lipinski definition) is 1. The second-order valence-electron chi connectivity index (χ2n) is 6.53. The van der Waals surface area contributed by atoms with Gasteiger partial charge in [-0.2, -0.15) is 5.10 Å². The second-order valence-corrected chi connectivity index (χ2v) is 6.53. The maximum absolute atomic E-state index is 12.7. The molecule has 0 unspecified atom stereocenters. The van der Waals surface area contributed by atoms with Gasteiger partial charge in [-0.25, -0.2) is 4.68 Å². The number of carbonyl (C=O) groups is 1. The van der Waals surface area contributed by atoms with Gasteiger partial charge >= 0.3 is 0 Å². The smallest absolute Gasteiger partial charge is 0.274 e. The summed E-state index contributed by atoms with van der Waals surface area (Å²) in [6.45, 7) is 4.88. The zero-order valence-electron chi connectivity index (χ0n) is 15.8. The Morgan fingerprint density at radius 2 is 1.78 bits per heavy atom. The van der Waals surface area contributed by atoms with Gasteiger partial charge in [-0.15, -0.1) is 0 Å². The Labute approximate surface area is 157 Å². The van der Waals surface area contributed by atoms with Crippen LogP contribution in [0.4, 0.5) is 0 Å². The number of aryl methyl sites for hydroxylation is 3. The first-order chi connectivity index (χ1) is 13.0. The number of hydrogen-bond acceptors (Lipinski definition) is 4. The SMILES string of the molecule is CNC(=O)c1nn(CCCOc2cc(C)cc(C)c2)c(=O)c2ccccc12. The number of nitrogens with one attached hydrogen (secondary N) is 1. The van der Waals surface area contributed by atoms with Crippen LogP contribution in [0.3, 0.4) is 0 Å². The lowest BCUT2D eigenvalue weighted by atomic mass is 10.1. The molecule has 0 spiro atoms. The maximum Gasteiger partial charge on any atom is 0.274 e. The standard InChI is InChI=1S/C21H23N3O3/c1-14-11-15(2)13-16(12-14)27-10-6-9-24-21(26)18-8-5-4-7-17(18)19(23-24)20(25)22-3/h4-5,7-8,11-13H,6,9-10H2,1-3H3,(H,22,25). The molecule has 0 bridgehead atoms. The average Bonchev–Trinajstić information content (AvgIpc) is 2.65. The van der Waals surface area contributed by atoms with Crippen LogP contribution in [-0.2, 0) is 6.54 Å². The minimum atomic E-state index is -0.313. The van der Waals surface area contributed by atoms with Gasteiger partial charge in [0, 0.05) is 25.4 Å². The first kappa shape index (κ1) is 18.6. The summed E-state index contributed by atoms with van der Waals surface area (Å²) in [7, 11) is 1.55. The van der Waals surface area contributed by atoms with Crippen LogP contribution in [0.5, 0.6) is 5.75 Å². The lowest BCUT2D eigenvalue weighted by Gasteiger charge is -2.11. The van der Waals surface area contributed by atoms with E-state index in [1.807, 2.05) is 26.0 Å². The van der Waals surface area contributed by atoms with Crippen molar-refractivity contribution in [2.75, 3.05) is 13.7 Å². The molecule has 2 aromatic carbocycles. The summed E-state index contributed by atoms with van der Waals surface area (Å²) >= 11 is 0. The molecule has 1 aromatic heterocycles. The highest BCUT2D eigenvalue weighted by Gasteiger charge is 2.15. The monoisotopic (exact) mass is 365 g/mol. The first-order valence-corrected chi connectivity index (χ1v) is 8.92. The number of benzene rings is 2. The number of amides is 1. The molecule has 3 rings (SSSR count). The molecule has 6 nitrogen and oxygen atoms in total. The molecule has 0 atom stereocenters. The van der Waals surface area contributed by atoms with E-state index >= 15 is 0 Å². The van der Waals surface area contributed by atoms with Crippen molar-refractivity contribution in [3.05, 3.63) is 69.6 Å². The lowest BCUT2D eigenvalue weighted by molar-refractivity contribution is 0.0957. The quantitative estimate of drug-likeness (QED) is 0.682. The Hall–Kier alpha value is -3.15. The van der Waals surface area contributed by atoms with E-state index in [9.17, 15) is 9.59 Å². The van der Waals surface area contributed by atoms with Crippen molar-refractivity contribution in [1.82, 2.24) is 15.1 Å². The molecule has 0 aliphatic rings. The van der Waals surface area contributed by atoms with Gasteiger partial charge in [-0.1, -0.05) is 24.3 Å². The third-order valence-corrected chi connectivity index (χ3v) is 4.29. The largest absolute Gasteiger partial charge is 0.494 e. The van der Waals surface area contributed by atoms with E-state index in [0.717, 1.165) is 16.9 Å². The van der Waals surface area contributed by atoms with E-state index in [2.05, 4.69) is 16.5 Å². The van der Waals surface area contributed by atoms with E-state index in [1.165, 1.54) is 4.68 Å². The van der Waals surface area contributed by atoms with Crippen molar-refractivity contribution in [3.63, 3.8) is 0 Å². The van der Waals surface area contributed by atoms with Gasteiger partial charge in [0.2, 0.25) is 0 Å². The van der Waals surface area contributed by atoms with Crippen LogP contribution in [-0.4, -0.2) is 29.3 Å². The van der Waals surface area contributed by atoms with Crippen LogP contribution >= 0.6 is 0 Å². The molecule has 0 saturated heterocycles. The molecule has 0 radical (unpaired) electrons. The molecule has 0 fully saturated rings. The highest BCUT2D eigenvalue weighted by atomic mass is 16.5. The fourth-order valence-corrected chi connectivity index (χ4v) is 3.09. The highest BCUT2D eigenvalue weighted by Crippen LogP contribution is 2.16. The number of ether oxygens (including phenoxy) is 1. The van der Waals surface area contributed by atoms with Gasteiger partial charge < -0.3 is 10.1 Å². The summed E-state index contributed by atoms with van der Waals surface area (Å²) in [5.74, 6) is 0.504. The fraction of sp³-hybridized carbons (Fsp3) is 0.286. The van der Waals surface area contributed by atoms with Gasteiger partial charge in [-0.3, -0.25) is 9.59 Å². The van der Waals surface area contributed by atoms with Gasteiger partial charge in [0.1, 0.15) is 5.75 Å². The van der Waals surface area contributed by atoms with Crippen LogP contribution in [0.1, 0.15) is 28.0 Å². The Morgan fingerprint density at radius 3 is 2.44 bits per heavy atom. The van der Waals surface area contributed by atoms with Crippen molar-refractivity contribution < 1.29 is 9.53 Å². The summed E-state index contributed by atoms with van der Waals surface area (Å²) in [5.41, 5.74) is 2.34. The van der Waals surface area contributed by atoms with Gasteiger partial charge in [-0.05, 0) is 43.2 Å². The Balaban J connectivity index is 1.77. The van der Waals surface area contributed by atoms with Crippen molar-refractivity contribution >= 4 is 16.7 Å². The van der Waals surface area contributed by atoms with Crippen molar-refractivity contribution in [2.24, 2.45) is 0 Å². The first-order valence-electron chi connectivity index (χ1n) is 8.92. The number of rotatable bonds is 6. The van der Waals surface area contributed by atoms with E-state index < -0.39 is 0 Å². The Kier molecular flexibility index (Phi) is 5.54. The van der Waals surface area contributed by atoms with E-state index in [0.29, 0.717) is 30.3 Å². The fourth-order valence-electron chi connectivity index (χ4n) is 3.09. The van der Waals surface area contributed by atoms with Crippen molar-refractivity contribution in [1.29, 1.82) is 0 Å². The highest BCUT2D eigenvalue weighted by molar-refractivity contribution is 6.04. The molecule has 1 heterocycles. The van der Waals surface area contributed by atoms with E-state index in [4.69, 9.17) is 4.74 Å². The summed E-state index contributed by atoms with van der Waals surface area (Å²) in [6.07, 6.45) is 0.603. The number of carbonyl (C=O) groups excluding carboxylic acids is 1. The van der Waals surface area contributed by atoms with Crippen LogP contribution in [0, 0.1) is 13.8 Å². The van der Waals surface area contributed by atoms with Crippen molar-refractivity contribution in [3.8, 4) is 5.75 Å². The van der Waals surface area contributed by atoms with E-state index in [-0.39, 0.29) is 17.2 Å². The Morgan fingerprint density at radius 1 is 1.11 bits per heavy atom. The molecule has 27 heavy (non-hydrogen) atoms. The predicted molar refractivity (Wildman–Crippen MR) is 105 cm³/mol. The summed E-state index contributed by atoms with van der Waals surface area (Å²) < 4.78 is 7.14. The number of aromatic nitrogens is 2. The van der Waals surface area contributed by atoms with E-state index in [1.54, 1.807) is 31.3 Å². The minimum Gasteiger partial charge on any atom is -0.494 e. The molecule has 140 valence electrons. The van der Waals surface area contributed by atoms with Gasteiger partial charge in [0.25, 0.3) is 11.5 Å². The minimum absolute atomic E-state index is 0.204. The van der Waals surface area contributed by atoms with Crippen LogP contribution in [0.2, 0.25) is 0 Å². The number of nitrogens with zero attached hydrogens (tertiary/aromatic N) is 2. The predicted octanol–water partition coefficient (Wildman–Crippen LogP) is 2.84. The third kappa shape index (κ3) is 4.16. The molecule has 1 N–H and O–H groups in total. The van der Waals surface area contributed by atoms with Crippen LogP contribution in [0.15, 0.2) is 47.3 Å². The molecule has 6 heteroatoms. The molecule has 3 aromatic rings. The summed E-state index contributed by atoms with van der Waals surface area (Å²) in [5, 5.41) is 7.91. The molecule has 0 saturated carbocycles. The molecular formula is C21H23N3O3. The lowest BCUT2D eigenvalue weighted by Crippen LogP contribution is -2.29. The third-order valence-electron chi connectivity index (χ3n) is 4.29. The maximum atomic E-state index is 12.7. The van der Waals surface area contributed by atoms with Gasteiger partial charge in [0.05, 0.1) is 12.0 Å². The zero-order valence-corrected chi connectivity index (χ0v) is 15.8. The molecule has 0 aliphatic heterocycles. The molecule has 0 aliphatic carbocycles. The topological polar surface area (TPSA) is 73.2 Å². The number of fused-ring (bicyclic) bond motifs is 1. The zero-order chi connectivity index (χ0) is 19.4. The van der Waals surface area contributed by atoms with Crippen LogP contribution in [0.25, 0.3) is 10.8 Å². The summed E-state index contributed by atoms with van der Waals surface area (Å²) in [6, 6.07) is 13.1.